The number of esters is 1. The third-order valence-electron chi connectivity index (χ3n) is 5.86. The van der Waals surface area contributed by atoms with Crippen molar-refractivity contribution < 1.29 is 14.3 Å². The number of aryl methyl sites for hydroxylation is 1. The Bertz CT molecular complexity index is 1590. The van der Waals surface area contributed by atoms with Gasteiger partial charge in [0.15, 0.2) is 0 Å². The summed E-state index contributed by atoms with van der Waals surface area (Å²) in [4.78, 5) is 31.2. The van der Waals surface area contributed by atoms with Gasteiger partial charge in [-0.2, -0.15) is 5.26 Å². The lowest BCUT2D eigenvalue weighted by molar-refractivity contribution is -0.113. The molecule has 1 amide bonds. The number of anilines is 1. The number of rotatable bonds is 8. The van der Waals surface area contributed by atoms with Crippen molar-refractivity contribution in [2.24, 2.45) is 0 Å². The van der Waals surface area contributed by atoms with E-state index in [0.29, 0.717) is 48.0 Å². The summed E-state index contributed by atoms with van der Waals surface area (Å²) in [7, 11) is 0. The Morgan fingerprint density at radius 1 is 1.10 bits per heavy atom. The van der Waals surface area contributed by atoms with Crippen molar-refractivity contribution >= 4 is 63.2 Å². The number of hydrogen-bond donors (Lipinski definition) is 1. The van der Waals surface area contributed by atoms with E-state index < -0.39 is 5.97 Å². The predicted octanol–water partition coefficient (Wildman–Crippen LogP) is 8.18. The number of nitrogens with zero attached hydrogens (tertiary/aromatic N) is 2. The summed E-state index contributed by atoms with van der Waals surface area (Å²) in [6, 6.07) is 18.5. The van der Waals surface area contributed by atoms with Crippen LogP contribution >= 0.6 is 46.3 Å². The molecular weight excluding hydrogens is 573 g/mol. The minimum Gasteiger partial charge on any atom is -0.462 e. The Morgan fingerprint density at radius 3 is 2.49 bits per heavy atom. The van der Waals surface area contributed by atoms with Crippen molar-refractivity contribution in [2.75, 3.05) is 17.7 Å². The van der Waals surface area contributed by atoms with Crippen molar-refractivity contribution in [3.8, 4) is 28.5 Å². The van der Waals surface area contributed by atoms with E-state index in [0.717, 1.165) is 27.8 Å². The van der Waals surface area contributed by atoms with Gasteiger partial charge in [0.05, 0.1) is 29.2 Å². The first kappa shape index (κ1) is 28.7. The summed E-state index contributed by atoms with van der Waals surface area (Å²) >= 11 is 15.0. The Hall–Kier alpha value is -3.35. The highest BCUT2D eigenvalue weighted by Crippen LogP contribution is 2.38. The minimum absolute atomic E-state index is 0.0357. The third kappa shape index (κ3) is 6.45. The van der Waals surface area contributed by atoms with Crippen molar-refractivity contribution in [1.29, 1.82) is 5.26 Å². The molecule has 1 N–H and O–H groups in total. The fourth-order valence-corrected chi connectivity index (χ4v) is 6.09. The number of pyridine rings is 1. The molecule has 4 aromatic rings. The van der Waals surface area contributed by atoms with Crippen LogP contribution in [0.15, 0.2) is 59.6 Å². The van der Waals surface area contributed by atoms with Crippen LogP contribution in [0.1, 0.15) is 33.3 Å². The number of thiophene rings is 1. The minimum atomic E-state index is -0.476. The molecule has 39 heavy (non-hydrogen) atoms. The smallest absolute Gasteiger partial charge is 0.341 e. The second-order valence-corrected chi connectivity index (χ2v) is 11.4. The van der Waals surface area contributed by atoms with Crippen LogP contribution in [0.2, 0.25) is 10.0 Å². The van der Waals surface area contributed by atoms with Gasteiger partial charge in [-0.25, -0.2) is 9.78 Å². The Labute approximate surface area is 244 Å². The molecule has 0 saturated heterocycles. The summed E-state index contributed by atoms with van der Waals surface area (Å²) in [5.41, 5.74) is 4.15. The van der Waals surface area contributed by atoms with E-state index in [-0.39, 0.29) is 18.3 Å². The maximum absolute atomic E-state index is 13.0. The standard InChI is InChI=1S/C29H23Cl2N3O3S2/c1-4-37-29(36)26-16(2)17(3)39-28(26)34-25(35)15-38-27-22(14-32)21(20-7-5-6-8-23(20)31)13-24(33-27)18-9-11-19(30)12-10-18/h5-13H,4,15H2,1-3H3,(H,34,35). The summed E-state index contributed by atoms with van der Waals surface area (Å²) < 4.78 is 5.18. The van der Waals surface area contributed by atoms with Gasteiger partial charge in [0, 0.05) is 31.6 Å². The normalized spacial score (nSPS) is 10.7. The Kier molecular flexibility index (Phi) is 9.31. The number of carbonyl (C=O) groups excluding carboxylic acids is 2. The zero-order chi connectivity index (χ0) is 28.1. The molecule has 6 nitrogen and oxygen atoms in total. The van der Waals surface area contributed by atoms with E-state index in [1.165, 1.54) is 11.3 Å². The van der Waals surface area contributed by atoms with Crippen LogP contribution in [-0.2, 0) is 9.53 Å². The molecule has 0 bridgehead atoms. The van der Waals surface area contributed by atoms with Gasteiger partial charge in [-0.05, 0) is 50.6 Å². The summed E-state index contributed by atoms with van der Waals surface area (Å²) in [6.45, 7) is 5.67. The Balaban J connectivity index is 1.68. The van der Waals surface area contributed by atoms with Crippen LogP contribution in [0.3, 0.4) is 0 Å². The zero-order valence-corrected chi connectivity index (χ0v) is 24.4. The lowest BCUT2D eigenvalue weighted by Gasteiger charge is -2.14. The highest BCUT2D eigenvalue weighted by Gasteiger charge is 2.23. The lowest BCUT2D eigenvalue weighted by Crippen LogP contribution is -2.16. The molecule has 2 aromatic heterocycles. The quantitative estimate of drug-likeness (QED) is 0.163. The van der Waals surface area contributed by atoms with Crippen molar-refractivity contribution in [1.82, 2.24) is 4.98 Å². The van der Waals surface area contributed by atoms with Crippen molar-refractivity contribution in [3.63, 3.8) is 0 Å². The van der Waals surface area contributed by atoms with Crippen LogP contribution in [-0.4, -0.2) is 29.2 Å². The van der Waals surface area contributed by atoms with Gasteiger partial charge in [0.25, 0.3) is 0 Å². The highest BCUT2D eigenvalue weighted by atomic mass is 35.5. The number of nitriles is 1. The molecule has 2 heterocycles. The number of aromatic nitrogens is 1. The molecule has 0 saturated carbocycles. The molecule has 0 aliphatic rings. The van der Waals surface area contributed by atoms with Gasteiger partial charge in [0.2, 0.25) is 5.91 Å². The second kappa shape index (κ2) is 12.7. The number of nitrogens with one attached hydrogen (secondary N) is 1. The molecule has 0 aliphatic carbocycles. The van der Waals surface area contributed by atoms with E-state index in [9.17, 15) is 14.9 Å². The Morgan fingerprint density at radius 2 is 1.82 bits per heavy atom. The van der Waals surface area contributed by atoms with Crippen molar-refractivity contribution in [3.05, 3.63) is 86.2 Å². The lowest BCUT2D eigenvalue weighted by atomic mass is 9.99. The highest BCUT2D eigenvalue weighted by molar-refractivity contribution is 8.00. The van der Waals surface area contributed by atoms with E-state index in [4.69, 9.17) is 32.9 Å². The molecule has 0 aliphatic heterocycles. The number of thioether (sulfide) groups is 1. The van der Waals surface area contributed by atoms with E-state index >= 15 is 0 Å². The SMILES string of the molecule is CCOC(=O)c1c(NC(=O)CSc2nc(-c3ccc(Cl)cc3)cc(-c3ccccc3Cl)c2C#N)sc(C)c1C. The molecule has 0 atom stereocenters. The van der Waals surface area contributed by atoms with Gasteiger partial charge in [-0.15, -0.1) is 11.3 Å². The molecule has 0 fully saturated rings. The van der Waals surface area contributed by atoms with Crippen LogP contribution in [0.5, 0.6) is 0 Å². The zero-order valence-electron chi connectivity index (χ0n) is 21.3. The largest absolute Gasteiger partial charge is 0.462 e. The van der Waals surface area contributed by atoms with E-state index in [1.54, 1.807) is 25.1 Å². The van der Waals surface area contributed by atoms with Gasteiger partial charge >= 0.3 is 5.97 Å². The average molecular weight is 597 g/mol. The monoisotopic (exact) mass is 595 g/mol. The van der Waals surface area contributed by atoms with Gasteiger partial charge in [0.1, 0.15) is 16.1 Å². The summed E-state index contributed by atoms with van der Waals surface area (Å²) in [6.07, 6.45) is 0. The topological polar surface area (TPSA) is 92.1 Å². The number of halogens is 2. The maximum atomic E-state index is 13.0. The van der Waals surface area contributed by atoms with Gasteiger partial charge in [-0.1, -0.05) is 65.3 Å². The van der Waals surface area contributed by atoms with Crippen LogP contribution in [0.4, 0.5) is 5.00 Å². The maximum Gasteiger partial charge on any atom is 0.341 e. The molecule has 10 heteroatoms. The first-order valence-corrected chi connectivity index (χ1v) is 14.4. The molecule has 4 rings (SSSR count). The van der Waals surface area contributed by atoms with Crippen LogP contribution in [0, 0.1) is 25.2 Å². The number of hydrogen-bond acceptors (Lipinski definition) is 7. The van der Waals surface area contributed by atoms with Gasteiger partial charge < -0.3 is 10.1 Å². The number of carbonyl (C=O) groups is 2. The molecule has 2 aromatic carbocycles. The predicted molar refractivity (Wildman–Crippen MR) is 159 cm³/mol. The molecule has 198 valence electrons. The number of ether oxygens (including phenoxy) is 1. The summed E-state index contributed by atoms with van der Waals surface area (Å²) in [5.74, 6) is -0.851. The fourth-order valence-electron chi connectivity index (χ4n) is 3.86. The molecule has 0 radical (unpaired) electrons. The molecule has 0 spiro atoms. The average Bonchev–Trinajstić information content (AvgIpc) is 3.20. The third-order valence-corrected chi connectivity index (χ3v) is 8.54. The van der Waals surface area contributed by atoms with Crippen LogP contribution < -0.4 is 5.32 Å². The van der Waals surface area contributed by atoms with Gasteiger partial charge in [-0.3, -0.25) is 4.79 Å². The second-order valence-electron chi connectivity index (χ2n) is 8.38. The molecule has 0 unspecified atom stereocenters. The first-order chi connectivity index (χ1) is 18.7. The van der Waals surface area contributed by atoms with Crippen LogP contribution in [0.25, 0.3) is 22.4 Å². The number of amides is 1. The number of benzene rings is 2. The molecular formula is C29H23Cl2N3O3S2. The fraction of sp³-hybridized carbons (Fsp3) is 0.172. The van der Waals surface area contributed by atoms with E-state index in [1.807, 2.05) is 50.2 Å². The summed E-state index contributed by atoms with van der Waals surface area (Å²) in [5, 5.41) is 14.9. The van der Waals surface area contributed by atoms with Crippen molar-refractivity contribution in [2.45, 2.75) is 25.8 Å². The van der Waals surface area contributed by atoms with E-state index in [2.05, 4.69) is 11.4 Å². The first-order valence-electron chi connectivity index (χ1n) is 11.9.